The Bertz CT molecular complexity index is 118. The summed E-state index contributed by atoms with van der Waals surface area (Å²) in [7, 11) is -2.78. The second kappa shape index (κ2) is 5.30. The smallest absolute Gasteiger partial charge is 0.308 e. The highest BCUT2D eigenvalue weighted by atomic mass is 79.9. The molecule has 0 saturated carbocycles. The van der Waals surface area contributed by atoms with E-state index in [0.717, 1.165) is 0 Å². The van der Waals surface area contributed by atoms with Crippen LogP contribution in [-0.4, -0.2) is 18.3 Å². The molecule has 0 amide bonds. The number of rotatable bonds is 5. The van der Waals surface area contributed by atoms with Gasteiger partial charge in [-0.2, -0.15) is 0 Å². The molecule has 0 aromatic rings. The van der Waals surface area contributed by atoms with Gasteiger partial charge in [-0.15, -0.1) is 0 Å². The first-order valence-electron chi connectivity index (χ1n) is 3.12. The van der Waals surface area contributed by atoms with E-state index in [1.807, 2.05) is 0 Å². The molecule has 0 saturated heterocycles. The first kappa shape index (κ1) is 10.6. The molecule has 0 spiro atoms. The lowest BCUT2D eigenvalue weighted by atomic mass is 10.9. The summed E-state index contributed by atoms with van der Waals surface area (Å²) in [5, 5.41) is 0.266. The van der Waals surface area contributed by atoms with Crippen molar-refractivity contribution in [3.63, 3.8) is 0 Å². The topological polar surface area (TPSA) is 35.5 Å². The molecule has 0 unspecified atom stereocenters. The highest BCUT2D eigenvalue weighted by molar-refractivity contribution is 9.10. The third-order valence-electron chi connectivity index (χ3n) is 0.798. The highest BCUT2D eigenvalue weighted by Crippen LogP contribution is 2.49. The maximum Gasteiger partial charge on any atom is 0.341 e. The molecule has 10 heavy (non-hydrogen) atoms. The zero-order valence-corrected chi connectivity index (χ0v) is 8.65. The monoisotopic (exact) mass is 230 g/mol. The van der Waals surface area contributed by atoms with Crippen molar-refractivity contribution in [3.8, 4) is 0 Å². The Kier molecular flexibility index (Phi) is 5.64. The van der Waals surface area contributed by atoms with Crippen molar-refractivity contribution in [1.82, 2.24) is 0 Å². The number of hydrogen-bond donors (Lipinski definition) is 0. The van der Waals surface area contributed by atoms with Crippen LogP contribution in [0.5, 0.6) is 0 Å². The summed E-state index contributed by atoms with van der Waals surface area (Å²) in [5.41, 5.74) is 0. The molecule has 0 rings (SSSR count). The average molecular weight is 231 g/mol. The molecule has 0 aliphatic heterocycles. The molecule has 0 N–H and O–H groups in total. The number of alkyl halides is 1. The minimum absolute atomic E-state index is 0.266. The second-order valence-corrected chi connectivity index (χ2v) is 5.05. The van der Waals surface area contributed by atoms with Crippen LogP contribution < -0.4 is 0 Å². The Morgan fingerprint density at radius 2 is 1.70 bits per heavy atom. The molecule has 3 nitrogen and oxygen atoms in total. The van der Waals surface area contributed by atoms with E-state index in [2.05, 4.69) is 15.9 Å². The molecular weight excluding hydrogens is 219 g/mol. The zero-order valence-electron chi connectivity index (χ0n) is 6.17. The van der Waals surface area contributed by atoms with Crippen molar-refractivity contribution < 1.29 is 13.6 Å². The van der Waals surface area contributed by atoms with Gasteiger partial charge >= 0.3 is 7.60 Å². The summed E-state index contributed by atoms with van der Waals surface area (Å²) in [4.78, 5) is 0. The van der Waals surface area contributed by atoms with Crippen LogP contribution in [0.25, 0.3) is 0 Å². The van der Waals surface area contributed by atoms with Crippen molar-refractivity contribution in [2.75, 3.05) is 18.3 Å². The Balaban J connectivity index is 3.83. The van der Waals surface area contributed by atoms with Crippen LogP contribution in [0, 0.1) is 0 Å². The molecule has 0 aliphatic carbocycles. The van der Waals surface area contributed by atoms with Crippen LogP contribution >= 0.6 is 23.5 Å². The zero-order chi connectivity index (χ0) is 8.04. The minimum Gasteiger partial charge on any atom is -0.308 e. The molecule has 0 aromatic heterocycles. The Morgan fingerprint density at radius 3 is 1.90 bits per heavy atom. The van der Waals surface area contributed by atoms with Crippen LogP contribution in [0.1, 0.15) is 13.8 Å². The highest BCUT2D eigenvalue weighted by Gasteiger charge is 2.20. The van der Waals surface area contributed by atoms with E-state index in [1.165, 1.54) is 0 Å². The second-order valence-electron chi connectivity index (χ2n) is 1.57. The van der Waals surface area contributed by atoms with Gasteiger partial charge in [-0.1, -0.05) is 15.9 Å². The Morgan fingerprint density at radius 1 is 1.30 bits per heavy atom. The lowest BCUT2D eigenvalue weighted by Gasteiger charge is -2.13. The molecule has 0 fully saturated rings. The number of halogens is 1. The van der Waals surface area contributed by atoms with Gasteiger partial charge in [-0.3, -0.25) is 4.57 Å². The summed E-state index contributed by atoms with van der Waals surface area (Å²) in [5.74, 6) is 0. The predicted octanol–water partition coefficient (Wildman–Crippen LogP) is 2.60. The molecule has 0 atom stereocenters. The van der Waals surface area contributed by atoms with Gasteiger partial charge in [0.2, 0.25) is 0 Å². The largest absolute Gasteiger partial charge is 0.341 e. The van der Waals surface area contributed by atoms with Crippen molar-refractivity contribution in [3.05, 3.63) is 0 Å². The first-order chi connectivity index (χ1) is 4.68. The number of hydrogen-bond acceptors (Lipinski definition) is 3. The maximum atomic E-state index is 11.3. The summed E-state index contributed by atoms with van der Waals surface area (Å²) >= 11 is 3.06. The molecule has 62 valence electrons. The summed E-state index contributed by atoms with van der Waals surface area (Å²) in [6.45, 7) is 4.41. The van der Waals surface area contributed by atoms with Crippen molar-refractivity contribution in [2.24, 2.45) is 0 Å². The minimum atomic E-state index is -2.78. The predicted molar refractivity (Wildman–Crippen MR) is 44.7 cm³/mol. The molecule has 0 bridgehead atoms. The van der Waals surface area contributed by atoms with Crippen molar-refractivity contribution >= 4 is 23.5 Å². The molecule has 0 radical (unpaired) electrons. The van der Waals surface area contributed by atoms with E-state index in [-0.39, 0.29) is 5.07 Å². The average Bonchev–Trinajstić information content (AvgIpc) is 1.89. The summed E-state index contributed by atoms with van der Waals surface area (Å²) < 4.78 is 21.1. The van der Waals surface area contributed by atoms with Crippen LogP contribution in [0.4, 0.5) is 0 Å². The quantitative estimate of drug-likeness (QED) is 0.538. The van der Waals surface area contributed by atoms with Gasteiger partial charge < -0.3 is 9.05 Å². The maximum absolute atomic E-state index is 11.3. The third kappa shape index (κ3) is 3.71. The van der Waals surface area contributed by atoms with E-state index in [0.29, 0.717) is 13.2 Å². The van der Waals surface area contributed by atoms with Gasteiger partial charge in [-0.25, -0.2) is 0 Å². The molecule has 0 aromatic carbocycles. The van der Waals surface area contributed by atoms with Crippen LogP contribution in [0.3, 0.4) is 0 Å². The van der Waals surface area contributed by atoms with Gasteiger partial charge in [0.15, 0.2) is 0 Å². The Labute approximate surface area is 69.8 Å². The third-order valence-corrected chi connectivity index (χ3v) is 4.24. The van der Waals surface area contributed by atoms with E-state index < -0.39 is 7.60 Å². The molecule has 0 aliphatic rings. The molecule has 5 heteroatoms. The van der Waals surface area contributed by atoms with Gasteiger partial charge in [0.05, 0.1) is 13.2 Å². The SMILES string of the molecule is CCOP(=O)(CBr)OCC. The fraction of sp³-hybridized carbons (Fsp3) is 1.00. The molecule has 0 heterocycles. The van der Waals surface area contributed by atoms with Gasteiger partial charge in [0.1, 0.15) is 5.07 Å². The van der Waals surface area contributed by atoms with Gasteiger partial charge in [0, 0.05) is 0 Å². The van der Waals surface area contributed by atoms with Crippen molar-refractivity contribution in [2.45, 2.75) is 13.8 Å². The fourth-order valence-electron chi connectivity index (χ4n) is 0.500. The van der Waals surface area contributed by atoms with Gasteiger partial charge in [-0.05, 0) is 13.8 Å². The molecular formula is C5H12BrO3P. The summed E-state index contributed by atoms with van der Waals surface area (Å²) in [6.07, 6.45) is 0. The fourth-order valence-corrected chi connectivity index (χ4v) is 2.37. The lowest BCUT2D eigenvalue weighted by Crippen LogP contribution is -1.95. The normalized spacial score (nSPS) is 11.9. The van der Waals surface area contributed by atoms with Crippen LogP contribution in [0.2, 0.25) is 0 Å². The lowest BCUT2D eigenvalue weighted by molar-refractivity contribution is 0.224. The van der Waals surface area contributed by atoms with Crippen LogP contribution in [0.15, 0.2) is 0 Å². The standard InChI is InChI=1S/C5H12BrO3P/c1-3-8-10(7,5-6)9-4-2/h3-5H2,1-2H3. The van der Waals surface area contributed by atoms with Crippen molar-refractivity contribution in [1.29, 1.82) is 0 Å². The first-order valence-corrected chi connectivity index (χ1v) is 5.97. The summed E-state index contributed by atoms with van der Waals surface area (Å²) in [6, 6.07) is 0. The Hall–Kier alpha value is 0.630. The van der Waals surface area contributed by atoms with Crippen LogP contribution in [-0.2, 0) is 13.6 Å². The van der Waals surface area contributed by atoms with E-state index in [1.54, 1.807) is 13.8 Å². The van der Waals surface area contributed by atoms with E-state index in [4.69, 9.17) is 9.05 Å². The van der Waals surface area contributed by atoms with Gasteiger partial charge in [0.25, 0.3) is 0 Å². The van der Waals surface area contributed by atoms with E-state index >= 15 is 0 Å². The van der Waals surface area contributed by atoms with E-state index in [9.17, 15) is 4.57 Å².